The minimum Gasteiger partial charge on any atom is -0.462 e. The van der Waals surface area contributed by atoms with E-state index in [4.69, 9.17) is 4.74 Å². The summed E-state index contributed by atoms with van der Waals surface area (Å²) in [5, 5.41) is 9.74. The van der Waals surface area contributed by atoms with Crippen molar-refractivity contribution >= 4 is 5.97 Å². The standard InChI is InChI=1S/C16H22F4O3/c1-13(17,16(18,19)20)12(22)23-9-15-5-10-2-11(6-15)4-14(3-10,7-15)8-21/h10-11,21H,2-9H2,1H3. The Hall–Kier alpha value is -0.850. The molecule has 0 aliphatic heterocycles. The Morgan fingerprint density at radius 1 is 1.13 bits per heavy atom. The largest absolute Gasteiger partial charge is 0.462 e. The van der Waals surface area contributed by atoms with Crippen LogP contribution in [0.4, 0.5) is 17.6 Å². The normalized spacial score (nSPS) is 41.7. The van der Waals surface area contributed by atoms with Crippen molar-refractivity contribution in [2.24, 2.45) is 22.7 Å². The molecule has 0 aromatic heterocycles. The highest BCUT2D eigenvalue weighted by molar-refractivity contribution is 5.80. The first kappa shape index (κ1) is 17.0. The van der Waals surface area contributed by atoms with Gasteiger partial charge in [-0.15, -0.1) is 0 Å². The van der Waals surface area contributed by atoms with Gasteiger partial charge in [-0.2, -0.15) is 13.2 Å². The van der Waals surface area contributed by atoms with Crippen LogP contribution < -0.4 is 0 Å². The molecule has 0 radical (unpaired) electrons. The van der Waals surface area contributed by atoms with E-state index in [9.17, 15) is 27.5 Å². The zero-order valence-electron chi connectivity index (χ0n) is 13.1. The Morgan fingerprint density at radius 2 is 1.65 bits per heavy atom. The molecule has 0 heterocycles. The lowest BCUT2D eigenvalue weighted by molar-refractivity contribution is -0.238. The number of rotatable bonds is 4. The van der Waals surface area contributed by atoms with Crippen molar-refractivity contribution in [3.8, 4) is 0 Å². The third-order valence-corrected chi connectivity index (χ3v) is 6.06. The molecule has 0 amide bonds. The number of hydrogen-bond acceptors (Lipinski definition) is 3. The molecular weight excluding hydrogens is 316 g/mol. The van der Waals surface area contributed by atoms with E-state index in [1.54, 1.807) is 0 Å². The van der Waals surface area contributed by atoms with Crippen molar-refractivity contribution in [1.82, 2.24) is 0 Å². The number of carbonyl (C=O) groups excluding carboxylic acids is 1. The van der Waals surface area contributed by atoms with Crippen molar-refractivity contribution < 1.29 is 32.2 Å². The first-order valence-corrected chi connectivity index (χ1v) is 8.05. The maximum absolute atomic E-state index is 13.7. The van der Waals surface area contributed by atoms with Crippen molar-refractivity contribution in [3.63, 3.8) is 0 Å². The van der Waals surface area contributed by atoms with Crippen LogP contribution in [0.2, 0.25) is 0 Å². The molecule has 4 rings (SSSR count). The molecule has 3 nitrogen and oxygen atoms in total. The van der Waals surface area contributed by atoms with Crippen molar-refractivity contribution in [2.75, 3.05) is 13.2 Å². The second-order valence-corrected chi connectivity index (χ2v) is 8.20. The van der Waals surface area contributed by atoms with Gasteiger partial charge in [0.05, 0.1) is 6.61 Å². The van der Waals surface area contributed by atoms with Crippen molar-refractivity contribution in [3.05, 3.63) is 0 Å². The summed E-state index contributed by atoms with van der Waals surface area (Å²) in [5.74, 6) is -1.03. The molecule has 0 saturated heterocycles. The number of halogens is 4. The number of alkyl halides is 4. The third kappa shape index (κ3) is 2.75. The summed E-state index contributed by atoms with van der Waals surface area (Å²) in [6.45, 7) is 0.0689. The van der Waals surface area contributed by atoms with Crippen LogP contribution in [-0.4, -0.2) is 36.1 Å². The first-order valence-electron chi connectivity index (χ1n) is 8.05. The Balaban J connectivity index is 1.70. The maximum atomic E-state index is 13.7. The van der Waals surface area contributed by atoms with Crippen LogP contribution in [0.25, 0.3) is 0 Å². The highest BCUT2D eigenvalue weighted by Crippen LogP contribution is 2.65. The number of esters is 1. The first-order chi connectivity index (χ1) is 10.5. The van der Waals surface area contributed by atoms with Gasteiger partial charge in [0.15, 0.2) is 0 Å². The van der Waals surface area contributed by atoms with Gasteiger partial charge in [-0.25, -0.2) is 9.18 Å². The molecule has 4 fully saturated rings. The molecule has 0 aromatic rings. The Labute approximate surface area is 132 Å². The predicted molar refractivity (Wildman–Crippen MR) is 73.2 cm³/mol. The number of carbonyl (C=O) groups is 1. The molecule has 1 N–H and O–H groups in total. The van der Waals surface area contributed by atoms with Gasteiger partial charge in [0.25, 0.3) is 5.67 Å². The van der Waals surface area contributed by atoms with E-state index in [0.29, 0.717) is 18.3 Å². The molecule has 0 aromatic carbocycles. The number of aliphatic hydroxyl groups excluding tert-OH is 1. The summed E-state index contributed by atoms with van der Waals surface area (Å²) >= 11 is 0. The van der Waals surface area contributed by atoms with E-state index in [0.717, 1.165) is 32.1 Å². The van der Waals surface area contributed by atoms with Crippen LogP contribution in [0.5, 0.6) is 0 Å². The molecule has 7 heteroatoms. The minimum absolute atomic E-state index is 0.0546. The van der Waals surface area contributed by atoms with Crippen LogP contribution in [0, 0.1) is 22.7 Å². The fraction of sp³-hybridized carbons (Fsp3) is 0.938. The van der Waals surface area contributed by atoms with Gasteiger partial charge in [0, 0.05) is 12.0 Å². The third-order valence-electron chi connectivity index (χ3n) is 6.06. The maximum Gasteiger partial charge on any atom is 0.433 e. The monoisotopic (exact) mass is 338 g/mol. The van der Waals surface area contributed by atoms with Gasteiger partial charge >= 0.3 is 12.1 Å². The highest BCUT2D eigenvalue weighted by atomic mass is 19.4. The molecular formula is C16H22F4O3. The second-order valence-electron chi connectivity index (χ2n) is 8.20. The second kappa shape index (κ2) is 5.07. The zero-order chi connectivity index (χ0) is 17.1. The zero-order valence-corrected chi connectivity index (χ0v) is 13.1. The predicted octanol–water partition coefficient (Wildman–Crippen LogP) is 3.40. The van der Waals surface area contributed by atoms with Gasteiger partial charge < -0.3 is 9.84 Å². The number of aliphatic hydroxyl groups is 1. The van der Waals surface area contributed by atoms with Gasteiger partial charge in [-0.05, 0) is 62.7 Å². The summed E-state index contributed by atoms with van der Waals surface area (Å²) in [4.78, 5) is 11.6. The summed E-state index contributed by atoms with van der Waals surface area (Å²) < 4.78 is 56.2. The lowest BCUT2D eigenvalue weighted by Crippen LogP contribution is -2.55. The fourth-order valence-electron chi connectivity index (χ4n) is 5.47. The molecule has 4 saturated carbocycles. The number of ether oxygens (including phenoxy) is 1. The summed E-state index contributed by atoms with van der Waals surface area (Å²) in [7, 11) is 0. The quantitative estimate of drug-likeness (QED) is 0.631. The molecule has 4 aliphatic rings. The molecule has 23 heavy (non-hydrogen) atoms. The molecule has 3 atom stereocenters. The van der Waals surface area contributed by atoms with E-state index in [2.05, 4.69) is 0 Å². The van der Waals surface area contributed by atoms with Crippen LogP contribution >= 0.6 is 0 Å². The minimum atomic E-state index is -5.28. The molecule has 4 aliphatic carbocycles. The van der Waals surface area contributed by atoms with E-state index < -0.39 is 23.2 Å². The average Bonchev–Trinajstić information content (AvgIpc) is 2.42. The van der Waals surface area contributed by atoms with Crippen LogP contribution in [-0.2, 0) is 9.53 Å². The van der Waals surface area contributed by atoms with E-state index >= 15 is 0 Å². The summed E-state index contributed by atoms with van der Waals surface area (Å²) in [5.41, 5.74) is -4.58. The lowest BCUT2D eigenvalue weighted by Gasteiger charge is -2.61. The van der Waals surface area contributed by atoms with E-state index in [-0.39, 0.29) is 25.6 Å². The van der Waals surface area contributed by atoms with Gasteiger partial charge in [0.2, 0.25) is 0 Å². The lowest BCUT2D eigenvalue weighted by atomic mass is 9.44. The Morgan fingerprint density at radius 3 is 2.13 bits per heavy atom. The molecule has 0 spiro atoms. The average molecular weight is 338 g/mol. The van der Waals surface area contributed by atoms with E-state index in [1.807, 2.05) is 0 Å². The smallest absolute Gasteiger partial charge is 0.433 e. The van der Waals surface area contributed by atoms with Crippen LogP contribution in [0.3, 0.4) is 0 Å². The molecule has 3 unspecified atom stereocenters. The molecule has 132 valence electrons. The topological polar surface area (TPSA) is 46.5 Å². The Kier molecular flexibility index (Phi) is 3.75. The number of hydrogen-bond donors (Lipinski definition) is 1. The Bertz CT molecular complexity index is 486. The van der Waals surface area contributed by atoms with Crippen molar-refractivity contribution in [2.45, 2.75) is 57.3 Å². The summed E-state index contributed by atoms with van der Waals surface area (Å²) in [6.07, 6.45) is -0.135. The SMILES string of the molecule is CC(F)(C(=O)OCC12CC3CC(CC(CO)(C3)C1)C2)C(F)(F)F. The molecule has 4 bridgehead atoms. The van der Waals surface area contributed by atoms with E-state index in [1.165, 1.54) is 0 Å². The highest BCUT2D eigenvalue weighted by Gasteiger charge is 2.61. The van der Waals surface area contributed by atoms with Gasteiger partial charge in [0.1, 0.15) is 0 Å². The van der Waals surface area contributed by atoms with Gasteiger partial charge in [-0.3, -0.25) is 0 Å². The van der Waals surface area contributed by atoms with Crippen LogP contribution in [0.15, 0.2) is 0 Å². The van der Waals surface area contributed by atoms with Gasteiger partial charge in [-0.1, -0.05) is 0 Å². The summed E-state index contributed by atoms with van der Waals surface area (Å²) in [6, 6.07) is 0. The van der Waals surface area contributed by atoms with Crippen molar-refractivity contribution in [1.29, 1.82) is 0 Å². The fourth-order valence-corrected chi connectivity index (χ4v) is 5.47. The van der Waals surface area contributed by atoms with Crippen LogP contribution in [0.1, 0.15) is 45.4 Å².